The molecule has 216 valence electrons. The molecule has 9 heteroatoms. The third-order valence-electron chi connectivity index (χ3n) is 11.5. The first kappa shape index (κ1) is 28.9. The van der Waals surface area contributed by atoms with Crippen molar-refractivity contribution < 1.29 is 27.4 Å². The lowest BCUT2D eigenvalue weighted by molar-refractivity contribution is -0.159. The maximum atomic E-state index is 13.6. The molecule has 1 heterocycles. The number of carbonyl (C=O) groups is 3. The predicted octanol–water partition coefficient (Wildman–Crippen LogP) is 6.00. The van der Waals surface area contributed by atoms with Gasteiger partial charge in [-0.3, -0.25) is 18.9 Å². The highest BCUT2D eigenvalue weighted by Crippen LogP contribution is 2.67. The van der Waals surface area contributed by atoms with E-state index in [2.05, 4.69) is 26.1 Å². The van der Waals surface area contributed by atoms with Crippen LogP contribution in [0.5, 0.6) is 0 Å². The van der Waals surface area contributed by atoms with Gasteiger partial charge >= 0.3 is 10.1 Å². The van der Waals surface area contributed by atoms with E-state index in [1.54, 1.807) is 6.07 Å². The highest BCUT2D eigenvalue weighted by Gasteiger charge is 2.63. The molecule has 0 unspecified atom stereocenters. The standard InChI is InChI=1S/C30H43NO6S2/c1-5-23(25-8-9-27(38-25)39(35,36)37)31-26(34)14-17(2)20-6-7-21-28-22(11-13-30(20,21)4)29(3)12-10-19(32)15-18(29)16-24(28)33/h8-9,17-18,20-23,28H,5-7,10-16H2,1-4H3,(H,31,34)(H,35,36,37)/t17-,18+,20-,21+,22+,23-,28+,29+,30-/m1/s1. The van der Waals surface area contributed by atoms with Crippen molar-refractivity contribution in [2.45, 2.75) is 102 Å². The lowest BCUT2D eigenvalue weighted by Crippen LogP contribution is -2.57. The Bertz CT molecular complexity index is 1260. The zero-order valence-electron chi connectivity index (χ0n) is 23.6. The van der Waals surface area contributed by atoms with Gasteiger partial charge in [0.1, 0.15) is 15.8 Å². The van der Waals surface area contributed by atoms with Gasteiger partial charge < -0.3 is 5.32 Å². The lowest BCUT2D eigenvalue weighted by Gasteiger charge is -2.59. The zero-order valence-corrected chi connectivity index (χ0v) is 25.2. The molecule has 2 N–H and O–H groups in total. The Kier molecular flexibility index (Phi) is 7.68. The summed E-state index contributed by atoms with van der Waals surface area (Å²) in [7, 11) is -4.26. The molecular formula is C30H43NO6S2. The predicted molar refractivity (Wildman–Crippen MR) is 150 cm³/mol. The summed E-state index contributed by atoms with van der Waals surface area (Å²) in [5, 5.41) is 3.09. The van der Waals surface area contributed by atoms with Crippen LogP contribution in [0.25, 0.3) is 0 Å². The van der Waals surface area contributed by atoms with Crippen LogP contribution in [0, 0.1) is 46.3 Å². The van der Waals surface area contributed by atoms with Crippen molar-refractivity contribution in [2.24, 2.45) is 46.3 Å². The summed E-state index contributed by atoms with van der Waals surface area (Å²) in [6.45, 7) is 8.83. The maximum Gasteiger partial charge on any atom is 0.304 e. The minimum absolute atomic E-state index is 0.0342. The average Bonchev–Trinajstić information content (AvgIpc) is 3.48. The summed E-state index contributed by atoms with van der Waals surface area (Å²) in [4.78, 5) is 39.7. The Hall–Kier alpha value is -1.58. The van der Waals surface area contributed by atoms with E-state index in [9.17, 15) is 27.4 Å². The van der Waals surface area contributed by atoms with Gasteiger partial charge in [0, 0.05) is 36.5 Å². The maximum absolute atomic E-state index is 13.6. The van der Waals surface area contributed by atoms with Gasteiger partial charge in [-0.2, -0.15) is 8.42 Å². The molecular weight excluding hydrogens is 534 g/mol. The molecule has 7 nitrogen and oxygen atoms in total. The number of carbonyl (C=O) groups excluding carboxylic acids is 3. The number of thiophene rings is 1. The highest BCUT2D eigenvalue weighted by molar-refractivity contribution is 7.88. The molecule has 4 aliphatic carbocycles. The summed E-state index contributed by atoms with van der Waals surface area (Å²) >= 11 is 0.988. The summed E-state index contributed by atoms with van der Waals surface area (Å²) < 4.78 is 32.2. The van der Waals surface area contributed by atoms with Crippen molar-refractivity contribution in [3.05, 3.63) is 17.0 Å². The van der Waals surface area contributed by atoms with Gasteiger partial charge in [0.25, 0.3) is 0 Å². The van der Waals surface area contributed by atoms with Gasteiger partial charge in [-0.1, -0.05) is 27.7 Å². The van der Waals surface area contributed by atoms with E-state index in [4.69, 9.17) is 0 Å². The van der Waals surface area contributed by atoms with Crippen molar-refractivity contribution in [3.8, 4) is 0 Å². The molecule has 39 heavy (non-hydrogen) atoms. The Labute approximate surface area is 236 Å². The number of nitrogens with one attached hydrogen (secondary N) is 1. The third kappa shape index (κ3) is 5.05. The number of hydrogen-bond acceptors (Lipinski definition) is 6. The van der Waals surface area contributed by atoms with Gasteiger partial charge in [-0.05, 0) is 91.1 Å². The molecule has 1 aromatic heterocycles. The minimum atomic E-state index is -4.26. The van der Waals surface area contributed by atoms with Crippen LogP contribution in [0.1, 0.15) is 103 Å². The topological polar surface area (TPSA) is 118 Å². The number of rotatable bonds is 7. The second-order valence-electron chi connectivity index (χ2n) is 13.4. The normalized spacial score (nSPS) is 37.9. The molecule has 9 atom stereocenters. The van der Waals surface area contributed by atoms with Crippen LogP contribution in [-0.4, -0.2) is 30.4 Å². The van der Waals surface area contributed by atoms with E-state index in [1.165, 1.54) is 6.07 Å². The highest BCUT2D eigenvalue weighted by atomic mass is 32.3. The van der Waals surface area contributed by atoms with E-state index in [-0.39, 0.29) is 44.7 Å². The molecule has 4 saturated carbocycles. The van der Waals surface area contributed by atoms with Crippen LogP contribution >= 0.6 is 11.3 Å². The number of Topliss-reactive ketones (excluding diaryl/α,β-unsaturated/α-hetero) is 2. The fraction of sp³-hybridized carbons (Fsp3) is 0.767. The van der Waals surface area contributed by atoms with Gasteiger partial charge in [-0.25, -0.2) is 0 Å². The first-order valence-electron chi connectivity index (χ1n) is 14.7. The van der Waals surface area contributed by atoms with Crippen molar-refractivity contribution in [3.63, 3.8) is 0 Å². The van der Waals surface area contributed by atoms with E-state index in [0.29, 0.717) is 66.3 Å². The first-order chi connectivity index (χ1) is 18.3. The first-order valence-corrected chi connectivity index (χ1v) is 16.9. The molecule has 0 aliphatic heterocycles. The Morgan fingerprint density at radius 2 is 1.82 bits per heavy atom. The monoisotopic (exact) mass is 577 g/mol. The van der Waals surface area contributed by atoms with Crippen LogP contribution in [0.15, 0.2) is 16.3 Å². The summed E-state index contributed by atoms with van der Waals surface area (Å²) in [6, 6.07) is 2.73. The zero-order chi connectivity index (χ0) is 28.3. The Morgan fingerprint density at radius 3 is 2.49 bits per heavy atom. The van der Waals surface area contributed by atoms with E-state index >= 15 is 0 Å². The van der Waals surface area contributed by atoms with E-state index < -0.39 is 10.1 Å². The van der Waals surface area contributed by atoms with E-state index in [0.717, 1.165) is 43.4 Å². The summed E-state index contributed by atoms with van der Waals surface area (Å²) in [5.74, 6) is 2.20. The molecule has 4 fully saturated rings. The average molecular weight is 578 g/mol. The second-order valence-corrected chi connectivity index (χ2v) is 16.2. The molecule has 5 rings (SSSR count). The van der Waals surface area contributed by atoms with Gasteiger partial charge in [0.05, 0.1) is 6.04 Å². The molecule has 0 aromatic carbocycles. The summed E-state index contributed by atoms with van der Waals surface area (Å²) in [6.07, 6.45) is 7.88. The number of ketones is 2. The largest absolute Gasteiger partial charge is 0.348 e. The van der Waals surface area contributed by atoms with Gasteiger partial charge in [0.2, 0.25) is 5.91 Å². The minimum Gasteiger partial charge on any atom is -0.348 e. The number of hydrogen-bond donors (Lipinski definition) is 2. The lowest BCUT2D eigenvalue weighted by atomic mass is 9.44. The smallest absolute Gasteiger partial charge is 0.304 e. The number of fused-ring (bicyclic) bond motifs is 5. The van der Waals surface area contributed by atoms with Gasteiger partial charge in [0.15, 0.2) is 0 Å². The quantitative estimate of drug-likeness (QED) is 0.384. The molecule has 1 amide bonds. The van der Waals surface area contributed by atoms with Crippen LogP contribution < -0.4 is 5.32 Å². The Balaban J connectivity index is 1.26. The molecule has 1 aromatic rings. The second kappa shape index (κ2) is 10.4. The van der Waals surface area contributed by atoms with Crippen molar-refractivity contribution in [2.75, 3.05) is 0 Å². The van der Waals surface area contributed by atoms with Crippen molar-refractivity contribution >= 4 is 38.9 Å². The molecule has 0 radical (unpaired) electrons. The van der Waals surface area contributed by atoms with Crippen LogP contribution in [0.2, 0.25) is 0 Å². The van der Waals surface area contributed by atoms with Crippen LogP contribution in [-0.2, 0) is 24.5 Å². The number of amides is 1. The SMILES string of the molecule is CC[C@@H](NC(=O)C[C@@H](C)[C@H]1CC[C@H]2[C@@H]3C(=O)C[C@@H]4CC(=O)CC[C@]4(C)[C@H]3CC[C@]12C)c1ccc(S(=O)(=O)O)s1. The fourth-order valence-electron chi connectivity index (χ4n) is 9.42. The Morgan fingerprint density at radius 1 is 1.10 bits per heavy atom. The van der Waals surface area contributed by atoms with Crippen LogP contribution in [0.4, 0.5) is 0 Å². The third-order valence-corrected chi connectivity index (χ3v) is 14.0. The van der Waals surface area contributed by atoms with Crippen LogP contribution in [0.3, 0.4) is 0 Å². The molecule has 0 saturated heterocycles. The molecule has 0 bridgehead atoms. The van der Waals surface area contributed by atoms with E-state index in [1.807, 2.05) is 6.92 Å². The summed E-state index contributed by atoms with van der Waals surface area (Å²) in [5.41, 5.74) is 0.121. The molecule has 4 aliphatic rings. The fourth-order valence-corrected chi connectivity index (χ4v) is 11.2. The van der Waals surface area contributed by atoms with Crippen molar-refractivity contribution in [1.29, 1.82) is 0 Å². The molecule has 0 spiro atoms. The van der Waals surface area contributed by atoms with Gasteiger partial charge in [-0.15, -0.1) is 11.3 Å². The van der Waals surface area contributed by atoms with Crippen molar-refractivity contribution in [1.82, 2.24) is 5.32 Å².